The summed E-state index contributed by atoms with van der Waals surface area (Å²) in [7, 11) is 0. The molecule has 0 N–H and O–H groups in total. The van der Waals surface area contributed by atoms with Crippen molar-refractivity contribution in [2.24, 2.45) is 11.8 Å². The Labute approximate surface area is 106 Å². The molecule has 0 aromatic heterocycles. The van der Waals surface area contributed by atoms with E-state index >= 15 is 0 Å². The Morgan fingerprint density at radius 2 is 2.06 bits per heavy atom. The molecule has 0 spiro atoms. The maximum absolute atomic E-state index is 11.9. The van der Waals surface area contributed by atoms with Gasteiger partial charge in [-0.3, -0.25) is 4.79 Å². The molecule has 5 heteroatoms. The van der Waals surface area contributed by atoms with Crippen LogP contribution in [0.3, 0.4) is 0 Å². The molecule has 0 heterocycles. The minimum atomic E-state index is -4.28. The van der Waals surface area contributed by atoms with Gasteiger partial charge in [0.05, 0.1) is 0 Å². The third-order valence-corrected chi connectivity index (χ3v) is 3.45. The molecule has 1 saturated carbocycles. The van der Waals surface area contributed by atoms with E-state index in [0.717, 1.165) is 25.7 Å². The van der Waals surface area contributed by atoms with Crippen molar-refractivity contribution in [3.8, 4) is 0 Å². The van der Waals surface area contributed by atoms with Gasteiger partial charge >= 0.3 is 6.18 Å². The Hall–Kier alpha value is -0.580. The van der Waals surface area contributed by atoms with Gasteiger partial charge in [-0.25, -0.2) is 0 Å². The van der Waals surface area contributed by atoms with Crippen molar-refractivity contribution in [2.75, 3.05) is 13.2 Å². The predicted octanol–water partition coefficient (Wildman–Crippen LogP) is 3.74. The Bertz CT molecular complexity index is 263. The first-order chi connectivity index (χ1) is 8.42. The van der Waals surface area contributed by atoms with Crippen LogP contribution in [0.1, 0.15) is 45.4 Å². The molecular formula is C13H21F3O2. The zero-order valence-electron chi connectivity index (χ0n) is 10.8. The molecule has 0 aromatic rings. The standard InChI is InChI=1S/C13H21F3O2/c1-2-3-10-4-5-12(17)11(8-10)6-7-18-9-13(14,15)16/h10-11H,2-9H2,1H3. The van der Waals surface area contributed by atoms with Gasteiger partial charge in [0.15, 0.2) is 0 Å². The van der Waals surface area contributed by atoms with Gasteiger partial charge in [-0.05, 0) is 25.2 Å². The third kappa shape index (κ3) is 5.85. The average Bonchev–Trinajstić information content (AvgIpc) is 2.27. The lowest BCUT2D eigenvalue weighted by atomic mass is 9.77. The van der Waals surface area contributed by atoms with Crippen LogP contribution in [0.4, 0.5) is 13.2 Å². The van der Waals surface area contributed by atoms with Crippen LogP contribution < -0.4 is 0 Å². The summed E-state index contributed by atoms with van der Waals surface area (Å²) in [6, 6.07) is 0. The van der Waals surface area contributed by atoms with E-state index in [1.165, 1.54) is 0 Å². The lowest BCUT2D eigenvalue weighted by Gasteiger charge is -2.27. The number of halogens is 3. The van der Waals surface area contributed by atoms with Crippen molar-refractivity contribution in [2.45, 2.75) is 51.6 Å². The minimum absolute atomic E-state index is 0.0226. The van der Waals surface area contributed by atoms with E-state index in [4.69, 9.17) is 0 Å². The molecular weight excluding hydrogens is 245 g/mol. The van der Waals surface area contributed by atoms with Gasteiger partial charge in [0.2, 0.25) is 0 Å². The molecule has 0 amide bonds. The summed E-state index contributed by atoms with van der Waals surface area (Å²) in [6.07, 6.45) is 0.684. The Balaban J connectivity index is 2.24. The highest BCUT2D eigenvalue weighted by molar-refractivity contribution is 5.81. The Morgan fingerprint density at radius 3 is 2.67 bits per heavy atom. The second-order valence-electron chi connectivity index (χ2n) is 5.05. The monoisotopic (exact) mass is 266 g/mol. The summed E-state index contributed by atoms with van der Waals surface area (Å²) in [5.41, 5.74) is 0. The van der Waals surface area contributed by atoms with Crippen molar-refractivity contribution in [3.63, 3.8) is 0 Å². The first-order valence-electron chi connectivity index (χ1n) is 6.59. The van der Waals surface area contributed by atoms with Gasteiger partial charge in [0.1, 0.15) is 12.4 Å². The molecule has 1 rings (SSSR count). The van der Waals surface area contributed by atoms with Crippen LogP contribution in [-0.4, -0.2) is 25.2 Å². The number of hydrogen-bond donors (Lipinski definition) is 0. The van der Waals surface area contributed by atoms with E-state index in [1.54, 1.807) is 0 Å². The van der Waals surface area contributed by atoms with E-state index in [0.29, 0.717) is 18.8 Å². The highest BCUT2D eigenvalue weighted by atomic mass is 19.4. The van der Waals surface area contributed by atoms with Crippen LogP contribution >= 0.6 is 0 Å². The molecule has 0 bridgehead atoms. The van der Waals surface area contributed by atoms with Crippen molar-refractivity contribution in [3.05, 3.63) is 0 Å². The molecule has 2 atom stereocenters. The highest BCUT2D eigenvalue weighted by Crippen LogP contribution is 2.31. The number of ketones is 1. The fourth-order valence-corrected chi connectivity index (χ4v) is 2.56. The molecule has 0 aliphatic heterocycles. The largest absolute Gasteiger partial charge is 0.411 e. The van der Waals surface area contributed by atoms with Gasteiger partial charge in [-0.1, -0.05) is 19.8 Å². The highest BCUT2D eigenvalue weighted by Gasteiger charge is 2.30. The summed E-state index contributed by atoms with van der Waals surface area (Å²) in [5, 5.41) is 0. The van der Waals surface area contributed by atoms with E-state index in [1.807, 2.05) is 0 Å². The van der Waals surface area contributed by atoms with Crippen LogP contribution in [0, 0.1) is 11.8 Å². The first-order valence-corrected chi connectivity index (χ1v) is 6.59. The van der Waals surface area contributed by atoms with Crippen molar-refractivity contribution < 1.29 is 22.7 Å². The topological polar surface area (TPSA) is 26.3 Å². The third-order valence-electron chi connectivity index (χ3n) is 3.45. The second-order valence-corrected chi connectivity index (χ2v) is 5.05. The van der Waals surface area contributed by atoms with Crippen LogP contribution in [0.25, 0.3) is 0 Å². The lowest BCUT2D eigenvalue weighted by molar-refractivity contribution is -0.174. The molecule has 0 saturated heterocycles. The van der Waals surface area contributed by atoms with Gasteiger partial charge in [-0.15, -0.1) is 0 Å². The molecule has 1 aliphatic carbocycles. The van der Waals surface area contributed by atoms with E-state index < -0.39 is 12.8 Å². The molecule has 1 fully saturated rings. The molecule has 0 radical (unpaired) electrons. The summed E-state index contributed by atoms with van der Waals surface area (Å²) in [5.74, 6) is 0.654. The van der Waals surface area contributed by atoms with E-state index in [9.17, 15) is 18.0 Å². The maximum atomic E-state index is 11.9. The number of carbonyl (C=O) groups is 1. The normalized spacial score (nSPS) is 25.4. The SMILES string of the molecule is CCCC1CCC(=O)C(CCOCC(F)(F)F)C1. The summed E-state index contributed by atoms with van der Waals surface area (Å²) < 4.78 is 40.2. The van der Waals surface area contributed by atoms with Gasteiger partial charge < -0.3 is 4.74 Å². The maximum Gasteiger partial charge on any atom is 0.411 e. The van der Waals surface area contributed by atoms with Gasteiger partial charge in [-0.2, -0.15) is 13.2 Å². The second kappa shape index (κ2) is 7.12. The zero-order chi connectivity index (χ0) is 13.6. The number of alkyl halides is 3. The molecule has 0 aromatic carbocycles. The molecule has 2 nitrogen and oxygen atoms in total. The summed E-state index contributed by atoms with van der Waals surface area (Å²) in [4.78, 5) is 11.7. The van der Waals surface area contributed by atoms with E-state index in [-0.39, 0.29) is 18.3 Å². The minimum Gasteiger partial charge on any atom is -0.372 e. The number of hydrogen-bond acceptors (Lipinski definition) is 2. The predicted molar refractivity (Wildman–Crippen MR) is 62.2 cm³/mol. The number of ether oxygens (including phenoxy) is 1. The van der Waals surface area contributed by atoms with Crippen LogP contribution in [0.2, 0.25) is 0 Å². The van der Waals surface area contributed by atoms with Crippen molar-refractivity contribution in [1.29, 1.82) is 0 Å². The molecule has 106 valence electrons. The van der Waals surface area contributed by atoms with Crippen LogP contribution in [0.15, 0.2) is 0 Å². The van der Waals surface area contributed by atoms with E-state index in [2.05, 4.69) is 11.7 Å². The van der Waals surface area contributed by atoms with Crippen LogP contribution in [0.5, 0.6) is 0 Å². The van der Waals surface area contributed by atoms with Gasteiger partial charge in [0, 0.05) is 18.9 Å². The summed E-state index contributed by atoms with van der Waals surface area (Å²) >= 11 is 0. The average molecular weight is 266 g/mol. The smallest absolute Gasteiger partial charge is 0.372 e. The Kier molecular flexibility index (Phi) is 6.12. The molecule has 18 heavy (non-hydrogen) atoms. The lowest BCUT2D eigenvalue weighted by Crippen LogP contribution is -2.27. The number of carbonyl (C=O) groups excluding carboxylic acids is 1. The van der Waals surface area contributed by atoms with Crippen molar-refractivity contribution >= 4 is 5.78 Å². The number of rotatable bonds is 6. The van der Waals surface area contributed by atoms with Crippen molar-refractivity contribution in [1.82, 2.24) is 0 Å². The number of Topliss-reactive ketones (excluding diaryl/α,β-unsaturated/α-hetero) is 1. The molecule has 2 unspecified atom stereocenters. The summed E-state index contributed by atoms with van der Waals surface area (Å²) in [6.45, 7) is 0.916. The first kappa shape index (κ1) is 15.5. The fourth-order valence-electron chi connectivity index (χ4n) is 2.56. The quantitative estimate of drug-likeness (QED) is 0.684. The Morgan fingerprint density at radius 1 is 1.33 bits per heavy atom. The van der Waals surface area contributed by atoms with Gasteiger partial charge in [0.25, 0.3) is 0 Å². The fraction of sp³-hybridized carbons (Fsp3) is 0.923. The van der Waals surface area contributed by atoms with Crippen LogP contribution in [-0.2, 0) is 9.53 Å². The zero-order valence-corrected chi connectivity index (χ0v) is 10.8. The molecule has 1 aliphatic rings.